The Morgan fingerprint density at radius 2 is 1.91 bits per heavy atom. The average Bonchev–Trinajstić information content (AvgIpc) is 3.31. The number of nitrogens with zero attached hydrogens (tertiary/aromatic N) is 5. The summed E-state index contributed by atoms with van der Waals surface area (Å²) in [4.78, 5) is 3.97. The zero-order valence-electron chi connectivity index (χ0n) is 18.5. The Balaban J connectivity index is 1.74. The van der Waals surface area contributed by atoms with Crippen molar-refractivity contribution >= 4 is 21.6 Å². The minimum absolute atomic E-state index is 0.0221. The highest BCUT2D eigenvalue weighted by Gasteiger charge is 2.48. The Labute approximate surface area is 198 Å². The van der Waals surface area contributed by atoms with Crippen LogP contribution in [-0.2, 0) is 17.1 Å². The molecule has 2 N–H and O–H groups in total. The molecule has 0 radical (unpaired) electrons. The number of aliphatic hydroxyl groups excluding tert-OH is 1. The highest BCUT2D eigenvalue weighted by molar-refractivity contribution is 7.89. The van der Waals surface area contributed by atoms with Crippen molar-refractivity contribution in [3.63, 3.8) is 0 Å². The number of hydrogen-bond donors (Lipinski definition) is 2. The molecular weight excluding hydrogens is 501 g/mol. The highest BCUT2D eigenvalue weighted by Crippen LogP contribution is 2.37. The number of hydrogen-bond acceptors (Lipinski definition) is 7. The first-order chi connectivity index (χ1) is 15.6. The molecule has 3 rings (SSSR count). The second-order valence-corrected chi connectivity index (χ2v) is 10.1. The van der Waals surface area contributed by atoms with Gasteiger partial charge in [0.05, 0.1) is 11.1 Å². The summed E-state index contributed by atoms with van der Waals surface area (Å²) in [6.45, 7) is 2.90. The largest absolute Gasteiger partial charge is 0.476 e. The number of halogens is 4. The van der Waals surface area contributed by atoms with E-state index in [0.717, 1.165) is 13.8 Å². The third-order valence-electron chi connectivity index (χ3n) is 4.83. The number of aliphatic hydroxyl groups is 1. The molecule has 15 heteroatoms. The SMILES string of the molecule is Cc1nn(C)cc1S(=O)(=O)NC(O)c1ccc(-n2ccc(OCC(C)(C)C(F)(F)F)n2)nc1Cl. The second-order valence-electron chi connectivity index (χ2n) is 8.09. The summed E-state index contributed by atoms with van der Waals surface area (Å²) in [6, 6.07) is 4.09. The van der Waals surface area contributed by atoms with Crippen molar-refractivity contribution in [1.82, 2.24) is 29.3 Å². The van der Waals surface area contributed by atoms with Crippen LogP contribution in [0.3, 0.4) is 0 Å². The summed E-state index contributed by atoms with van der Waals surface area (Å²) < 4.78 is 73.9. The molecule has 1 atom stereocenters. The fraction of sp³-hybridized carbons (Fsp3) is 0.421. The molecule has 10 nitrogen and oxygen atoms in total. The maximum Gasteiger partial charge on any atom is 0.397 e. The lowest BCUT2D eigenvalue weighted by molar-refractivity contribution is -0.219. The predicted octanol–water partition coefficient (Wildman–Crippen LogP) is 2.90. The highest BCUT2D eigenvalue weighted by atomic mass is 35.5. The first kappa shape index (κ1) is 25.9. The quantitative estimate of drug-likeness (QED) is 0.344. The van der Waals surface area contributed by atoms with Crippen molar-refractivity contribution < 1.29 is 31.4 Å². The standard InChI is InChI=1S/C19H22ClF3N6O4S/c1-11-13(9-28(4)25-11)34(31,32)27-17(30)12-5-6-14(24-16(12)20)29-8-7-15(26-29)33-10-18(2,3)19(21,22)23/h5-9,17,27,30H,10H2,1-4H3. The maximum atomic E-state index is 13.0. The third kappa shape index (κ3) is 5.51. The number of pyridine rings is 1. The van der Waals surface area contributed by atoms with Gasteiger partial charge in [0.2, 0.25) is 15.9 Å². The van der Waals surface area contributed by atoms with Crippen LogP contribution < -0.4 is 9.46 Å². The Kier molecular flexibility index (Phi) is 6.99. The molecule has 3 heterocycles. The summed E-state index contributed by atoms with van der Waals surface area (Å²) in [5.74, 6) is 0.107. The molecule has 0 saturated carbocycles. The molecule has 186 valence electrons. The Hall–Kier alpha value is -2.68. The zero-order valence-corrected chi connectivity index (χ0v) is 20.1. The minimum atomic E-state index is -4.45. The molecule has 1 unspecified atom stereocenters. The molecule has 3 aromatic rings. The van der Waals surface area contributed by atoms with E-state index >= 15 is 0 Å². The first-order valence-corrected chi connectivity index (χ1v) is 11.6. The van der Waals surface area contributed by atoms with Gasteiger partial charge in [-0.3, -0.25) is 4.68 Å². The van der Waals surface area contributed by atoms with Crippen molar-refractivity contribution in [2.24, 2.45) is 12.5 Å². The average molecular weight is 523 g/mol. The molecule has 0 amide bonds. The van der Waals surface area contributed by atoms with Gasteiger partial charge in [0.25, 0.3) is 0 Å². The van der Waals surface area contributed by atoms with E-state index in [2.05, 4.69) is 19.9 Å². The number of aryl methyl sites for hydroxylation is 2. The third-order valence-corrected chi connectivity index (χ3v) is 6.65. The number of rotatable bonds is 8. The van der Waals surface area contributed by atoms with E-state index in [1.165, 1.54) is 46.9 Å². The van der Waals surface area contributed by atoms with Crippen molar-refractivity contribution in [3.8, 4) is 11.7 Å². The van der Waals surface area contributed by atoms with Crippen molar-refractivity contribution in [3.05, 3.63) is 47.0 Å². The number of ether oxygens (including phenoxy) is 1. The van der Waals surface area contributed by atoms with E-state index in [4.69, 9.17) is 16.3 Å². The molecule has 0 saturated heterocycles. The van der Waals surface area contributed by atoms with Crippen molar-refractivity contribution in [2.75, 3.05) is 6.61 Å². The van der Waals surface area contributed by atoms with E-state index in [9.17, 15) is 26.7 Å². The van der Waals surface area contributed by atoms with Gasteiger partial charge in [-0.25, -0.2) is 18.1 Å². The summed E-state index contributed by atoms with van der Waals surface area (Å²) in [7, 11) is -2.55. The fourth-order valence-corrected chi connectivity index (χ4v) is 4.25. The van der Waals surface area contributed by atoms with E-state index in [0.29, 0.717) is 0 Å². The predicted molar refractivity (Wildman–Crippen MR) is 115 cm³/mol. The van der Waals surface area contributed by atoms with E-state index in [1.54, 1.807) is 7.05 Å². The smallest absolute Gasteiger partial charge is 0.397 e. The monoisotopic (exact) mass is 522 g/mol. The second kappa shape index (κ2) is 9.17. The first-order valence-electron chi connectivity index (χ1n) is 9.73. The molecule has 0 aliphatic rings. The van der Waals surface area contributed by atoms with E-state index in [1.807, 2.05) is 0 Å². The minimum Gasteiger partial charge on any atom is -0.476 e. The lowest BCUT2D eigenvalue weighted by Crippen LogP contribution is -2.37. The van der Waals surface area contributed by atoms with Crippen LogP contribution in [0.2, 0.25) is 5.15 Å². The summed E-state index contributed by atoms with van der Waals surface area (Å²) >= 11 is 6.14. The topological polar surface area (TPSA) is 124 Å². The maximum absolute atomic E-state index is 13.0. The molecule has 0 fully saturated rings. The van der Waals surface area contributed by atoms with Gasteiger partial charge >= 0.3 is 6.18 Å². The van der Waals surface area contributed by atoms with E-state index in [-0.39, 0.29) is 33.0 Å². The van der Waals surface area contributed by atoms with Crippen LogP contribution in [0.1, 0.15) is 31.3 Å². The molecular formula is C19H22ClF3N6O4S. The summed E-state index contributed by atoms with van der Waals surface area (Å²) in [6.07, 6.45) is -3.46. The van der Waals surface area contributed by atoms with Crippen LogP contribution in [0.5, 0.6) is 5.88 Å². The molecule has 0 aliphatic carbocycles. The lowest BCUT2D eigenvalue weighted by atomic mass is 9.94. The van der Waals surface area contributed by atoms with Gasteiger partial charge in [-0.2, -0.15) is 23.0 Å². The Morgan fingerprint density at radius 3 is 2.47 bits per heavy atom. The van der Waals surface area contributed by atoms with Crippen LogP contribution in [0, 0.1) is 12.3 Å². The lowest BCUT2D eigenvalue weighted by Gasteiger charge is -2.26. The van der Waals surface area contributed by atoms with Gasteiger partial charge in [0.15, 0.2) is 5.82 Å². The molecule has 0 bridgehead atoms. The van der Waals surface area contributed by atoms with Crippen molar-refractivity contribution in [1.29, 1.82) is 0 Å². The normalized spacial score (nSPS) is 13.8. The number of sulfonamides is 1. The van der Waals surface area contributed by atoms with Crippen LogP contribution in [0.15, 0.2) is 35.5 Å². The molecule has 0 spiro atoms. The summed E-state index contributed by atoms with van der Waals surface area (Å²) in [5.41, 5.74) is -1.85. The molecule has 0 aliphatic heterocycles. The van der Waals surface area contributed by atoms with Gasteiger partial charge in [0.1, 0.15) is 22.9 Å². The number of nitrogens with one attached hydrogen (secondary N) is 1. The summed E-state index contributed by atoms with van der Waals surface area (Å²) in [5, 5.41) is 18.2. The van der Waals surface area contributed by atoms with Gasteiger partial charge in [-0.15, -0.1) is 5.10 Å². The van der Waals surface area contributed by atoms with Crippen molar-refractivity contribution in [2.45, 2.75) is 38.1 Å². The number of aromatic nitrogens is 5. The zero-order chi connectivity index (χ0) is 25.5. The number of alkyl halides is 3. The molecule has 3 aromatic heterocycles. The Morgan fingerprint density at radius 1 is 1.24 bits per heavy atom. The van der Waals surface area contributed by atoms with Crippen LogP contribution >= 0.6 is 11.6 Å². The molecule has 34 heavy (non-hydrogen) atoms. The van der Waals surface area contributed by atoms with Gasteiger partial charge < -0.3 is 9.84 Å². The fourth-order valence-electron chi connectivity index (χ4n) is 2.73. The van der Waals surface area contributed by atoms with Gasteiger partial charge in [0, 0.05) is 31.1 Å². The van der Waals surface area contributed by atoms with Crippen LogP contribution in [-0.4, -0.2) is 50.9 Å². The van der Waals surface area contributed by atoms with Gasteiger partial charge in [-0.1, -0.05) is 11.6 Å². The van der Waals surface area contributed by atoms with Crippen LogP contribution in [0.25, 0.3) is 5.82 Å². The van der Waals surface area contributed by atoms with Crippen LogP contribution in [0.4, 0.5) is 13.2 Å². The Bertz CT molecular complexity index is 1290. The van der Waals surface area contributed by atoms with E-state index < -0.39 is 34.4 Å². The van der Waals surface area contributed by atoms with Gasteiger partial charge in [-0.05, 0) is 32.9 Å². The molecule has 0 aromatic carbocycles.